The largest absolute Gasteiger partial charge is 0.454 e. The predicted octanol–water partition coefficient (Wildman–Crippen LogP) is 3.83. The number of fused-ring (bicyclic) bond motifs is 4. The molecule has 8 heteroatoms. The summed E-state index contributed by atoms with van der Waals surface area (Å²) in [6, 6.07) is 7.47. The first-order valence-corrected chi connectivity index (χ1v) is 9.44. The SMILES string of the molecule is CC(NC(=O)c1cc2c(nc3sccn32)s1)c1ccc2c(c1)OCO2. The number of imidazole rings is 1. The lowest BCUT2D eigenvalue weighted by molar-refractivity contribution is 0.0944. The number of thiazole rings is 1. The van der Waals surface area contributed by atoms with Crippen molar-refractivity contribution < 1.29 is 14.3 Å². The van der Waals surface area contributed by atoms with Gasteiger partial charge in [0, 0.05) is 11.6 Å². The Kier molecular flexibility index (Phi) is 3.22. The van der Waals surface area contributed by atoms with Crippen LogP contribution in [0.5, 0.6) is 11.5 Å². The Hall–Kier alpha value is -2.58. The monoisotopic (exact) mass is 371 g/mol. The number of thiophene rings is 1. The van der Waals surface area contributed by atoms with Crippen LogP contribution in [0.3, 0.4) is 0 Å². The first kappa shape index (κ1) is 14.7. The van der Waals surface area contributed by atoms with Crippen LogP contribution in [0, 0.1) is 0 Å². The molecule has 1 aliphatic rings. The van der Waals surface area contributed by atoms with E-state index in [9.17, 15) is 4.79 Å². The Labute approximate surface area is 150 Å². The molecule has 0 radical (unpaired) electrons. The quantitative estimate of drug-likeness (QED) is 0.594. The lowest BCUT2D eigenvalue weighted by atomic mass is 10.1. The minimum absolute atomic E-state index is 0.0999. The van der Waals surface area contributed by atoms with E-state index in [4.69, 9.17) is 9.47 Å². The van der Waals surface area contributed by atoms with Crippen molar-refractivity contribution in [1.29, 1.82) is 0 Å². The normalized spacial score (nSPS) is 14.3. The molecule has 0 saturated carbocycles. The fourth-order valence-corrected chi connectivity index (χ4v) is 4.60. The Bertz CT molecular complexity index is 1110. The average Bonchev–Trinajstić information content (AvgIpc) is 3.34. The van der Waals surface area contributed by atoms with Crippen molar-refractivity contribution >= 4 is 43.9 Å². The van der Waals surface area contributed by atoms with Crippen LogP contribution >= 0.6 is 22.7 Å². The highest BCUT2D eigenvalue weighted by atomic mass is 32.1. The smallest absolute Gasteiger partial charge is 0.261 e. The molecule has 4 aromatic rings. The van der Waals surface area contributed by atoms with Gasteiger partial charge in [0.25, 0.3) is 5.91 Å². The van der Waals surface area contributed by atoms with E-state index < -0.39 is 0 Å². The standard InChI is InChI=1S/C17H13N3O3S2/c1-9(10-2-3-12-13(6-10)23-8-22-12)18-15(21)14-7-11-16(25-14)19-17-20(11)4-5-24-17/h2-7,9H,8H2,1H3,(H,18,21). The summed E-state index contributed by atoms with van der Waals surface area (Å²) >= 11 is 3.00. The molecule has 0 bridgehead atoms. The van der Waals surface area contributed by atoms with Gasteiger partial charge in [0.15, 0.2) is 16.5 Å². The molecule has 25 heavy (non-hydrogen) atoms. The van der Waals surface area contributed by atoms with Gasteiger partial charge in [-0.1, -0.05) is 6.07 Å². The Balaban J connectivity index is 1.39. The Morgan fingerprint density at radius 2 is 2.20 bits per heavy atom. The van der Waals surface area contributed by atoms with Crippen LogP contribution in [-0.4, -0.2) is 22.1 Å². The summed E-state index contributed by atoms with van der Waals surface area (Å²) in [6.45, 7) is 2.19. The molecule has 3 aromatic heterocycles. The first-order valence-electron chi connectivity index (χ1n) is 7.74. The Morgan fingerprint density at radius 3 is 3.12 bits per heavy atom. The summed E-state index contributed by atoms with van der Waals surface area (Å²) in [5.41, 5.74) is 1.95. The maximum atomic E-state index is 12.6. The molecule has 1 amide bonds. The Morgan fingerprint density at radius 1 is 1.32 bits per heavy atom. The molecule has 1 atom stereocenters. The van der Waals surface area contributed by atoms with Gasteiger partial charge in [0.2, 0.25) is 6.79 Å². The number of nitrogens with zero attached hydrogens (tertiary/aromatic N) is 2. The van der Waals surface area contributed by atoms with E-state index in [0.717, 1.165) is 26.6 Å². The van der Waals surface area contributed by atoms with E-state index in [2.05, 4.69) is 10.3 Å². The van der Waals surface area contributed by atoms with E-state index in [1.807, 2.05) is 47.2 Å². The second kappa shape index (κ2) is 5.47. The molecule has 0 saturated heterocycles. The molecule has 5 rings (SSSR count). The van der Waals surface area contributed by atoms with Gasteiger partial charge in [-0.25, -0.2) is 4.98 Å². The van der Waals surface area contributed by atoms with Gasteiger partial charge >= 0.3 is 0 Å². The minimum atomic E-state index is -0.139. The van der Waals surface area contributed by atoms with Crippen molar-refractivity contribution in [3.63, 3.8) is 0 Å². The second-order valence-electron chi connectivity index (χ2n) is 5.78. The number of nitrogens with one attached hydrogen (secondary N) is 1. The van der Waals surface area contributed by atoms with E-state index >= 15 is 0 Å². The number of benzene rings is 1. The molecule has 1 aromatic carbocycles. The van der Waals surface area contributed by atoms with Crippen molar-refractivity contribution in [1.82, 2.24) is 14.7 Å². The summed E-state index contributed by atoms with van der Waals surface area (Å²) in [5, 5.41) is 5.02. The molecule has 1 N–H and O–H groups in total. The molecular weight excluding hydrogens is 358 g/mol. The van der Waals surface area contributed by atoms with Gasteiger partial charge in [-0.15, -0.1) is 22.7 Å². The second-order valence-corrected chi connectivity index (χ2v) is 7.68. The maximum absolute atomic E-state index is 12.6. The summed E-state index contributed by atoms with van der Waals surface area (Å²) in [4.78, 5) is 19.6. The molecule has 0 fully saturated rings. The highest BCUT2D eigenvalue weighted by Crippen LogP contribution is 2.34. The number of hydrogen-bond donors (Lipinski definition) is 1. The van der Waals surface area contributed by atoms with Crippen molar-refractivity contribution in [2.24, 2.45) is 0 Å². The third-order valence-electron chi connectivity index (χ3n) is 4.21. The number of hydrogen-bond acceptors (Lipinski definition) is 6. The third kappa shape index (κ3) is 2.37. The van der Waals surface area contributed by atoms with Crippen LogP contribution in [-0.2, 0) is 0 Å². The summed E-state index contributed by atoms with van der Waals surface area (Å²) in [6.07, 6.45) is 1.97. The van der Waals surface area contributed by atoms with Gasteiger partial charge in [-0.3, -0.25) is 9.20 Å². The zero-order chi connectivity index (χ0) is 17.0. The van der Waals surface area contributed by atoms with Crippen molar-refractivity contribution in [2.45, 2.75) is 13.0 Å². The summed E-state index contributed by atoms with van der Waals surface area (Å²) < 4.78 is 12.7. The molecule has 1 unspecified atom stereocenters. The van der Waals surface area contributed by atoms with Crippen LogP contribution in [0.1, 0.15) is 28.2 Å². The topological polar surface area (TPSA) is 64.9 Å². The van der Waals surface area contributed by atoms with Crippen molar-refractivity contribution in [3.8, 4) is 11.5 Å². The van der Waals surface area contributed by atoms with Gasteiger partial charge in [0.05, 0.1) is 16.4 Å². The van der Waals surface area contributed by atoms with E-state index in [0.29, 0.717) is 10.6 Å². The van der Waals surface area contributed by atoms with E-state index in [1.165, 1.54) is 11.3 Å². The number of amides is 1. The average molecular weight is 371 g/mol. The van der Waals surface area contributed by atoms with Crippen LogP contribution in [0.15, 0.2) is 35.8 Å². The molecule has 0 spiro atoms. The van der Waals surface area contributed by atoms with Gasteiger partial charge in [0.1, 0.15) is 4.83 Å². The number of ether oxygens (including phenoxy) is 2. The molecule has 4 heterocycles. The third-order valence-corrected chi connectivity index (χ3v) is 5.98. The lowest BCUT2D eigenvalue weighted by Crippen LogP contribution is -2.25. The van der Waals surface area contributed by atoms with Crippen molar-refractivity contribution in [2.75, 3.05) is 6.79 Å². The van der Waals surface area contributed by atoms with E-state index in [-0.39, 0.29) is 18.7 Å². The maximum Gasteiger partial charge on any atom is 0.261 e. The predicted molar refractivity (Wildman–Crippen MR) is 96.9 cm³/mol. The van der Waals surface area contributed by atoms with Gasteiger partial charge in [-0.05, 0) is 30.7 Å². The fourth-order valence-electron chi connectivity index (χ4n) is 2.89. The summed E-state index contributed by atoms with van der Waals surface area (Å²) in [5.74, 6) is 1.35. The van der Waals surface area contributed by atoms with Crippen LogP contribution in [0.4, 0.5) is 0 Å². The van der Waals surface area contributed by atoms with Crippen LogP contribution in [0.2, 0.25) is 0 Å². The van der Waals surface area contributed by atoms with Gasteiger partial charge < -0.3 is 14.8 Å². The van der Waals surface area contributed by atoms with Gasteiger partial charge in [-0.2, -0.15) is 0 Å². The molecule has 126 valence electrons. The number of carbonyl (C=O) groups is 1. The number of carbonyl (C=O) groups excluding carboxylic acids is 1. The number of aromatic nitrogens is 2. The number of rotatable bonds is 3. The van der Waals surface area contributed by atoms with E-state index in [1.54, 1.807) is 11.3 Å². The first-order chi connectivity index (χ1) is 12.2. The van der Waals surface area contributed by atoms with Crippen LogP contribution < -0.4 is 14.8 Å². The zero-order valence-electron chi connectivity index (χ0n) is 13.2. The highest BCUT2D eigenvalue weighted by molar-refractivity contribution is 7.21. The van der Waals surface area contributed by atoms with Crippen molar-refractivity contribution in [3.05, 3.63) is 46.3 Å². The molecule has 0 aliphatic carbocycles. The minimum Gasteiger partial charge on any atom is -0.454 e. The molecular formula is C17H13N3O3S2. The lowest BCUT2D eigenvalue weighted by Gasteiger charge is -2.14. The highest BCUT2D eigenvalue weighted by Gasteiger charge is 2.19. The zero-order valence-corrected chi connectivity index (χ0v) is 14.8. The molecule has 1 aliphatic heterocycles. The summed E-state index contributed by atoms with van der Waals surface area (Å²) in [7, 11) is 0. The van der Waals surface area contributed by atoms with Crippen LogP contribution in [0.25, 0.3) is 15.3 Å². The fraction of sp³-hybridized carbons (Fsp3) is 0.176. The molecule has 6 nitrogen and oxygen atoms in total.